The molecule has 0 aromatic rings. The van der Waals surface area contributed by atoms with Crippen molar-refractivity contribution in [3.63, 3.8) is 0 Å². The summed E-state index contributed by atoms with van der Waals surface area (Å²) in [6.45, 7) is 6.97. The lowest BCUT2D eigenvalue weighted by molar-refractivity contribution is 0.218. The van der Waals surface area contributed by atoms with Gasteiger partial charge in [0.2, 0.25) is 0 Å². The molecule has 0 radical (unpaired) electrons. The van der Waals surface area contributed by atoms with Crippen LogP contribution in [0.15, 0.2) is 0 Å². The maximum atomic E-state index is 2.49. The van der Waals surface area contributed by atoms with Crippen molar-refractivity contribution in [3.05, 3.63) is 0 Å². The van der Waals surface area contributed by atoms with Gasteiger partial charge in [0, 0.05) is 6.04 Å². The summed E-state index contributed by atoms with van der Waals surface area (Å²) in [7, 11) is 6.52. The van der Waals surface area contributed by atoms with Crippen molar-refractivity contribution >= 4 is 0 Å². The maximum absolute atomic E-state index is 2.49. The molecule has 0 N–H and O–H groups in total. The van der Waals surface area contributed by atoms with Crippen LogP contribution < -0.4 is 0 Å². The first-order valence-electron chi connectivity index (χ1n) is 5.46. The lowest BCUT2D eigenvalue weighted by atomic mass is 10.1. The van der Waals surface area contributed by atoms with Crippen molar-refractivity contribution in [2.45, 2.75) is 39.2 Å². The molecular weight excluding hydrogens is 160 g/mol. The average Bonchev–Trinajstić information content (AvgIpc) is 2.05. The number of rotatable bonds is 7. The molecule has 0 fully saturated rings. The zero-order valence-corrected chi connectivity index (χ0v) is 10.0. The summed E-state index contributed by atoms with van der Waals surface area (Å²) < 4.78 is 0. The van der Waals surface area contributed by atoms with Crippen LogP contribution in [0.3, 0.4) is 0 Å². The van der Waals surface area contributed by atoms with Crippen molar-refractivity contribution in [2.24, 2.45) is 0 Å². The third-order valence-electron chi connectivity index (χ3n) is 2.68. The molecule has 0 aliphatic heterocycles. The Balaban J connectivity index is 3.53. The summed E-state index contributed by atoms with van der Waals surface area (Å²) in [4.78, 5) is 4.74. The summed E-state index contributed by atoms with van der Waals surface area (Å²) in [5, 5.41) is 0. The molecule has 0 unspecified atom stereocenters. The van der Waals surface area contributed by atoms with Crippen LogP contribution in [0.25, 0.3) is 0 Å². The first-order chi connectivity index (χ1) is 6.11. The summed E-state index contributed by atoms with van der Waals surface area (Å²) in [6, 6.07) is 0.780. The molecule has 2 heteroatoms. The van der Waals surface area contributed by atoms with Crippen molar-refractivity contribution < 1.29 is 0 Å². The Morgan fingerprint density at radius 3 is 1.85 bits per heavy atom. The maximum Gasteiger partial charge on any atom is 0.00869 e. The van der Waals surface area contributed by atoms with Gasteiger partial charge in [-0.15, -0.1) is 0 Å². The van der Waals surface area contributed by atoms with Crippen molar-refractivity contribution in [1.29, 1.82) is 0 Å². The Morgan fingerprint density at radius 1 is 0.923 bits per heavy atom. The molecule has 0 heterocycles. The highest BCUT2D eigenvalue weighted by atomic mass is 15.1. The SMILES string of the molecule is CCC(CC)N(C)CCCN(C)C. The van der Waals surface area contributed by atoms with Crippen LogP contribution in [-0.2, 0) is 0 Å². The van der Waals surface area contributed by atoms with Crippen LogP contribution >= 0.6 is 0 Å². The second kappa shape index (κ2) is 7.34. The van der Waals surface area contributed by atoms with E-state index in [-0.39, 0.29) is 0 Å². The Morgan fingerprint density at radius 2 is 1.46 bits per heavy atom. The van der Waals surface area contributed by atoms with Crippen LogP contribution in [0.1, 0.15) is 33.1 Å². The summed E-state index contributed by atoms with van der Waals surface area (Å²) in [6.07, 6.45) is 3.82. The first kappa shape index (κ1) is 12.9. The third-order valence-corrected chi connectivity index (χ3v) is 2.68. The van der Waals surface area contributed by atoms with Crippen molar-refractivity contribution in [3.8, 4) is 0 Å². The minimum atomic E-state index is 0.780. The second-order valence-electron chi connectivity index (χ2n) is 4.11. The van der Waals surface area contributed by atoms with E-state index in [0.717, 1.165) is 6.04 Å². The number of hydrogen-bond acceptors (Lipinski definition) is 2. The summed E-state index contributed by atoms with van der Waals surface area (Å²) >= 11 is 0. The monoisotopic (exact) mass is 186 g/mol. The summed E-state index contributed by atoms with van der Waals surface area (Å²) in [5.74, 6) is 0. The van der Waals surface area contributed by atoms with Gasteiger partial charge >= 0.3 is 0 Å². The van der Waals surface area contributed by atoms with Crippen LogP contribution in [0.2, 0.25) is 0 Å². The molecule has 80 valence electrons. The van der Waals surface area contributed by atoms with Gasteiger partial charge in [0.25, 0.3) is 0 Å². The fourth-order valence-electron chi connectivity index (χ4n) is 1.73. The van der Waals surface area contributed by atoms with Crippen molar-refractivity contribution in [2.75, 3.05) is 34.2 Å². The molecule has 0 rings (SSSR count). The lowest BCUT2D eigenvalue weighted by Crippen LogP contribution is -2.32. The average molecular weight is 186 g/mol. The highest BCUT2D eigenvalue weighted by molar-refractivity contribution is 4.65. The standard InChI is InChI=1S/C11H26N2/c1-6-11(7-2)13(5)10-8-9-12(3)4/h11H,6-10H2,1-5H3. The quantitative estimate of drug-likeness (QED) is 0.600. The van der Waals surface area contributed by atoms with Gasteiger partial charge in [-0.05, 0) is 53.5 Å². The van der Waals surface area contributed by atoms with E-state index in [0.29, 0.717) is 0 Å². The first-order valence-corrected chi connectivity index (χ1v) is 5.46. The number of nitrogens with zero attached hydrogens (tertiary/aromatic N) is 2. The molecule has 0 saturated heterocycles. The Bertz CT molecular complexity index is 109. The van der Waals surface area contributed by atoms with Crippen LogP contribution in [-0.4, -0.2) is 50.1 Å². The van der Waals surface area contributed by atoms with Gasteiger partial charge in [0.05, 0.1) is 0 Å². The van der Waals surface area contributed by atoms with Crippen molar-refractivity contribution in [1.82, 2.24) is 9.80 Å². The third kappa shape index (κ3) is 6.05. The zero-order chi connectivity index (χ0) is 10.3. The zero-order valence-electron chi connectivity index (χ0n) is 10.0. The molecule has 0 aromatic carbocycles. The van der Waals surface area contributed by atoms with Gasteiger partial charge in [-0.25, -0.2) is 0 Å². The van der Waals surface area contributed by atoms with Crippen LogP contribution in [0, 0.1) is 0 Å². The normalized spacial score (nSPS) is 12.0. The van der Waals surface area contributed by atoms with E-state index >= 15 is 0 Å². The molecule has 0 aromatic heterocycles. The van der Waals surface area contributed by atoms with Crippen LogP contribution in [0.5, 0.6) is 0 Å². The van der Waals surface area contributed by atoms with E-state index in [1.165, 1.54) is 32.4 Å². The Labute approximate surface area is 83.9 Å². The molecule has 0 bridgehead atoms. The lowest BCUT2D eigenvalue weighted by Gasteiger charge is -2.26. The smallest absolute Gasteiger partial charge is 0.00869 e. The van der Waals surface area contributed by atoms with Gasteiger partial charge in [-0.1, -0.05) is 13.8 Å². The Hall–Kier alpha value is -0.0800. The van der Waals surface area contributed by atoms with E-state index in [9.17, 15) is 0 Å². The molecule has 0 aliphatic carbocycles. The van der Waals surface area contributed by atoms with E-state index in [1.54, 1.807) is 0 Å². The predicted molar refractivity (Wildman–Crippen MR) is 60.2 cm³/mol. The molecule has 0 saturated carbocycles. The fraction of sp³-hybridized carbons (Fsp3) is 1.00. The number of hydrogen-bond donors (Lipinski definition) is 0. The van der Waals surface area contributed by atoms with Gasteiger partial charge in [-0.3, -0.25) is 0 Å². The Kier molecular flexibility index (Phi) is 7.29. The fourth-order valence-corrected chi connectivity index (χ4v) is 1.73. The van der Waals surface area contributed by atoms with Gasteiger partial charge in [0.15, 0.2) is 0 Å². The van der Waals surface area contributed by atoms with Gasteiger partial charge < -0.3 is 9.80 Å². The highest BCUT2D eigenvalue weighted by Crippen LogP contribution is 2.06. The van der Waals surface area contributed by atoms with Crippen LogP contribution in [0.4, 0.5) is 0 Å². The van der Waals surface area contributed by atoms with E-state index in [1.807, 2.05) is 0 Å². The van der Waals surface area contributed by atoms with E-state index in [4.69, 9.17) is 0 Å². The molecular formula is C11H26N2. The minimum Gasteiger partial charge on any atom is -0.309 e. The molecule has 0 aliphatic rings. The predicted octanol–water partition coefficient (Wildman–Crippen LogP) is 2.06. The molecule has 0 spiro atoms. The summed E-state index contributed by atoms with van der Waals surface area (Å²) in [5.41, 5.74) is 0. The van der Waals surface area contributed by atoms with E-state index in [2.05, 4.69) is 44.8 Å². The topological polar surface area (TPSA) is 6.48 Å². The van der Waals surface area contributed by atoms with Gasteiger partial charge in [0.1, 0.15) is 0 Å². The molecule has 0 atom stereocenters. The second-order valence-corrected chi connectivity index (χ2v) is 4.11. The molecule has 0 amide bonds. The molecule has 2 nitrogen and oxygen atoms in total. The highest BCUT2D eigenvalue weighted by Gasteiger charge is 2.08. The minimum absolute atomic E-state index is 0.780. The van der Waals surface area contributed by atoms with E-state index < -0.39 is 0 Å². The largest absolute Gasteiger partial charge is 0.309 e. The molecule has 13 heavy (non-hydrogen) atoms. The van der Waals surface area contributed by atoms with Gasteiger partial charge in [-0.2, -0.15) is 0 Å².